The Morgan fingerprint density at radius 3 is 2.57 bits per heavy atom. The first kappa shape index (κ1) is 17.9. The molecule has 1 N–H and O–H groups in total. The summed E-state index contributed by atoms with van der Waals surface area (Å²) >= 11 is 3.23. The van der Waals surface area contributed by atoms with Crippen molar-refractivity contribution < 1.29 is 17.9 Å². The highest BCUT2D eigenvalue weighted by Gasteiger charge is 2.26. The van der Waals surface area contributed by atoms with Crippen molar-refractivity contribution in [3.05, 3.63) is 22.7 Å². The zero-order chi connectivity index (χ0) is 16.2. The predicted molar refractivity (Wildman–Crippen MR) is 83.8 cm³/mol. The highest BCUT2D eigenvalue weighted by molar-refractivity contribution is 9.10. The Labute approximate surface area is 133 Å². The van der Waals surface area contributed by atoms with E-state index in [0.717, 1.165) is 4.31 Å². The maximum Gasteiger partial charge on any atom is 0.247 e. The lowest BCUT2D eigenvalue weighted by atomic mass is 10.3. The number of carbonyl (C=O) groups is 1. The highest BCUT2D eigenvalue weighted by Crippen LogP contribution is 2.29. The van der Waals surface area contributed by atoms with Crippen molar-refractivity contribution in [3.8, 4) is 5.75 Å². The summed E-state index contributed by atoms with van der Waals surface area (Å²) in [5, 5.41) is 2.65. The van der Waals surface area contributed by atoms with Crippen LogP contribution in [-0.2, 0) is 14.8 Å². The van der Waals surface area contributed by atoms with Gasteiger partial charge in [-0.15, -0.1) is 0 Å². The number of halogens is 1. The van der Waals surface area contributed by atoms with Crippen molar-refractivity contribution in [2.75, 3.05) is 20.7 Å². The lowest BCUT2D eigenvalue weighted by molar-refractivity contribution is -0.121. The van der Waals surface area contributed by atoms with Crippen LogP contribution in [0.4, 0.5) is 0 Å². The quantitative estimate of drug-likeness (QED) is 0.815. The molecule has 0 radical (unpaired) electrons. The largest absolute Gasteiger partial charge is 0.495 e. The van der Waals surface area contributed by atoms with Crippen LogP contribution in [0.2, 0.25) is 0 Å². The van der Waals surface area contributed by atoms with E-state index in [4.69, 9.17) is 4.74 Å². The number of rotatable bonds is 6. The summed E-state index contributed by atoms with van der Waals surface area (Å²) < 4.78 is 31.7. The van der Waals surface area contributed by atoms with Gasteiger partial charge in [0.2, 0.25) is 15.9 Å². The van der Waals surface area contributed by atoms with Crippen LogP contribution in [0.3, 0.4) is 0 Å². The molecule has 0 atom stereocenters. The van der Waals surface area contributed by atoms with E-state index in [9.17, 15) is 13.2 Å². The van der Waals surface area contributed by atoms with Gasteiger partial charge in [0.1, 0.15) is 10.6 Å². The monoisotopic (exact) mass is 378 g/mol. The van der Waals surface area contributed by atoms with Gasteiger partial charge in [-0.2, -0.15) is 4.31 Å². The number of methoxy groups -OCH3 is 1. The van der Waals surface area contributed by atoms with Crippen LogP contribution in [0.1, 0.15) is 13.8 Å². The van der Waals surface area contributed by atoms with Crippen molar-refractivity contribution in [2.45, 2.75) is 24.8 Å². The molecule has 0 unspecified atom stereocenters. The third-order valence-electron chi connectivity index (χ3n) is 2.63. The van der Waals surface area contributed by atoms with E-state index in [2.05, 4.69) is 21.2 Å². The number of hydrogen-bond acceptors (Lipinski definition) is 4. The van der Waals surface area contributed by atoms with Crippen LogP contribution in [-0.4, -0.2) is 45.4 Å². The third-order valence-corrected chi connectivity index (χ3v) is 4.95. The van der Waals surface area contributed by atoms with Gasteiger partial charge in [-0.05, 0) is 32.0 Å². The molecule has 6 nitrogen and oxygen atoms in total. The molecule has 0 saturated carbocycles. The van der Waals surface area contributed by atoms with Crippen LogP contribution < -0.4 is 10.1 Å². The van der Waals surface area contributed by atoms with Crippen LogP contribution in [0.15, 0.2) is 27.6 Å². The third kappa shape index (κ3) is 4.69. The average Bonchev–Trinajstić information content (AvgIpc) is 2.37. The fraction of sp³-hybridized carbons (Fsp3) is 0.462. The smallest absolute Gasteiger partial charge is 0.247 e. The molecule has 0 bridgehead atoms. The van der Waals surface area contributed by atoms with Crippen molar-refractivity contribution in [1.29, 1.82) is 0 Å². The number of sulfonamides is 1. The Morgan fingerprint density at radius 2 is 2.05 bits per heavy atom. The number of likely N-dealkylation sites (N-methyl/N-ethyl adjacent to an activating group) is 1. The van der Waals surface area contributed by atoms with E-state index in [1.165, 1.54) is 20.2 Å². The van der Waals surface area contributed by atoms with Gasteiger partial charge < -0.3 is 10.1 Å². The Bertz CT molecular complexity index is 617. The summed E-state index contributed by atoms with van der Waals surface area (Å²) in [5.41, 5.74) is 0. The molecule has 0 heterocycles. The molecule has 0 aliphatic carbocycles. The van der Waals surface area contributed by atoms with Gasteiger partial charge in [-0.1, -0.05) is 15.9 Å². The Balaban J connectivity index is 3.05. The van der Waals surface area contributed by atoms with Crippen LogP contribution in [0.25, 0.3) is 0 Å². The maximum absolute atomic E-state index is 12.5. The summed E-state index contributed by atoms with van der Waals surface area (Å²) in [5.74, 6) is -0.126. The summed E-state index contributed by atoms with van der Waals surface area (Å²) in [6.45, 7) is 3.36. The van der Waals surface area contributed by atoms with E-state index in [1.54, 1.807) is 12.1 Å². The number of ether oxygens (including phenoxy) is 1. The summed E-state index contributed by atoms with van der Waals surface area (Å²) in [6, 6.07) is 4.64. The molecule has 0 aliphatic rings. The highest BCUT2D eigenvalue weighted by atomic mass is 79.9. The predicted octanol–water partition coefficient (Wildman–Crippen LogP) is 1.60. The number of benzene rings is 1. The molecule has 1 aromatic rings. The zero-order valence-electron chi connectivity index (χ0n) is 12.4. The fourth-order valence-electron chi connectivity index (χ4n) is 1.67. The van der Waals surface area contributed by atoms with E-state index >= 15 is 0 Å². The van der Waals surface area contributed by atoms with Gasteiger partial charge >= 0.3 is 0 Å². The van der Waals surface area contributed by atoms with Gasteiger partial charge in [0, 0.05) is 17.6 Å². The molecule has 0 fully saturated rings. The number of nitrogens with zero attached hydrogens (tertiary/aromatic N) is 1. The van der Waals surface area contributed by atoms with E-state index in [-0.39, 0.29) is 29.1 Å². The minimum atomic E-state index is -3.82. The Hall–Kier alpha value is -1.12. The first-order valence-electron chi connectivity index (χ1n) is 6.27. The molecule has 0 aromatic heterocycles. The summed E-state index contributed by atoms with van der Waals surface area (Å²) in [4.78, 5) is 11.7. The minimum Gasteiger partial charge on any atom is -0.495 e. The number of hydrogen-bond donors (Lipinski definition) is 1. The van der Waals surface area contributed by atoms with Crippen molar-refractivity contribution in [1.82, 2.24) is 9.62 Å². The maximum atomic E-state index is 12.5. The lowest BCUT2D eigenvalue weighted by Gasteiger charge is -2.19. The lowest BCUT2D eigenvalue weighted by Crippen LogP contribution is -2.40. The molecule has 1 aromatic carbocycles. The van der Waals surface area contributed by atoms with Crippen LogP contribution in [0.5, 0.6) is 5.75 Å². The van der Waals surface area contributed by atoms with Crippen molar-refractivity contribution in [3.63, 3.8) is 0 Å². The first-order valence-corrected chi connectivity index (χ1v) is 8.51. The number of nitrogens with one attached hydrogen (secondary N) is 1. The molecular weight excluding hydrogens is 360 g/mol. The zero-order valence-corrected chi connectivity index (χ0v) is 14.8. The fourth-order valence-corrected chi connectivity index (χ4v) is 3.49. The number of carbonyl (C=O) groups excluding carboxylic acids is 1. The molecule has 21 heavy (non-hydrogen) atoms. The molecule has 0 spiro atoms. The molecule has 8 heteroatoms. The Kier molecular flexibility index (Phi) is 6.18. The molecular formula is C13H19BrN2O4S. The standard InChI is InChI=1S/C13H19BrN2O4S/c1-9(2)15-13(17)8-16(3)21(18,19)12-7-10(14)5-6-11(12)20-4/h5-7,9H,8H2,1-4H3,(H,15,17). The normalized spacial score (nSPS) is 11.8. The molecule has 0 saturated heterocycles. The van der Waals surface area contributed by atoms with Gasteiger partial charge in [0.15, 0.2) is 0 Å². The van der Waals surface area contributed by atoms with Crippen LogP contribution in [0, 0.1) is 0 Å². The van der Waals surface area contributed by atoms with E-state index < -0.39 is 10.0 Å². The number of amides is 1. The molecule has 1 rings (SSSR count). The van der Waals surface area contributed by atoms with Gasteiger partial charge in [-0.25, -0.2) is 8.42 Å². The van der Waals surface area contributed by atoms with Crippen molar-refractivity contribution in [2.24, 2.45) is 0 Å². The average molecular weight is 379 g/mol. The molecule has 118 valence electrons. The summed E-state index contributed by atoms with van der Waals surface area (Å²) in [6.07, 6.45) is 0. The second kappa shape index (κ2) is 7.24. The molecule has 1 amide bonds. The topological polar surface area (TPSA) is 75.7 Å². The SMILES string of the molecule is COc1ccc(Br)cc1S(=O)(=O)N(C)CC(=O)NC(C)C. The molecule has 0 aliphatic heterocycles. The minimum absolute atomic E-state index is 0.0132. The van der Waals surface area contributed by atoms with Gasteiger partial charge in [0.25, 0.3) is 0 Å². The van der Waals surface area contributed by atoms with E-state index in [0.29, 0.717) is 4.47 Å². The first-order chi connectivity index (χ1) is 9.68. The second-order valence-corrected chi connectivity index (χ2v) is 7.71. The van der Waals surface area contributed by atoms with Crippen molar-refractivity contribution >= 4 is 31.9 Å². The van der Waals surface area contributed by atoms with Gasteiger partial charge in [-0.3, -0.25) is 4.79 Å². The van der Waals surface area contributed by atoms with Gasteiger partial charge in [0.05, 0.1) is 13.7 Å². The van der Waals surface area contributed by atoms with Crippen LogP contribution >= 0.6 is 15.9 Å². The van der Waals surface area contributed by atoms with E-state index in [1.807, 2.05) is 13.8 Å². The Morgan fingerprint density at radius 1 is 1.43 bits per heavy atom. The summed E-state index contributed by atoms with van der Waals surface area (Å²) in [7, 11) is -1.06. The second-order valence-electron chi connectivity index (χ2n) is 4.78.